The lowest BCUT2D eigenvalue weighted by molar-refractivity contribution is -0.00887. The summed E-state index contributed by atoms with van der Waals surface area (Å²) in [5, 5.41) is 2.79. The molecule has 118 valence electrons. The molecule has 2 heteroatoms. The van der Waals surface area contributed by atoms with Gasteiger partial charge in [-0.15, -0.1) is 13.2 Å². The molecule has 0 unspecified atom stereocenters. The van der Waals surface area contributed by atoms with Crippen LogP contribution in [0, 0.1) is 0 Å². The van der Waals surface area contributed by atoms with Gasteiger partial charge in [0.15, 0.2) is 13.7 Å². The Morgan fingerprint density at radius 1 is 0.909 bits per heavy atom. The van der Waals surface area contributed by atoms with Crippen LogP contribution < -0.4 is 10.6 Å². The summed E-state index contributed by atoms with van der Waals surface area (Å²) in [6.07, 6.45) is 2.91. The van der Waals surface area contributed by atoms with Gasteiger partial charge in [-0.3, -0.25) is 0 Å². The van der Waals surface area contributed by atoms with Gasteiger partial charge in [-0.1, -0.05) is 76.2 Å². The van der Waals surface area contributed by atoms with E-state index in [0.717, 1.165) is 21.6 Å². The van der Waals surface area contributed by atoms with Crippen molar-refractivity contribution in [2.75, 3.05) is 13.7 Å². The molecule has 0 aliphatic heterocycles. The van der Waals surface area contributed by atoms with Gasteiger partial charge in [0.25, 0.3) is 0 Å². The summed E-state index contributed by atoms with van der Waals surface area (Å²) in [6.45, 7) is 12.7. The molecule has 0 saturated heterocycles. The van der Waals surface area contributed by atoms with Crippen LogP contribution >= 0.6 is 8.58 Å². The molecule has 1 nitrogen and oxygen atoms in total. The summed E-state index contributed by atoms with van der Waals surface area (Å²) < 4.78 is 2.75. The lowest BCUT2D eigenvalue weighted by Crippen LogP contribution is -2.01. The first-order valence-corrected chi connectivity index (χ1v) is 8.37. The highest BCUT2D eigenvalue weighted by Gasteiger charge is 1.92. The smallest absolute Gasteiger partial charge is 0.210 e. The summed E-state index contributed by atoms with van der Waals surface area (Å²) in [6, 6.07) is 21.2. The SMILES string of the molecule is C=C.C=C[O+](C)CCC.c1ccc(Pc2ccccc2)cc1. The van der Waals surface area contributed by atoms with Gasteiger partial charge >= 0.3 is 0 Å². The summed E-state index contributed by atoms with van der Waals surface area (Å²) in [7, 11) is 2.72. The summed E-state index contributed by atoms with van der Waals surface area (Å²) in [4.78, 5) is 0. The highest BCUT2D eigenvalue weighted by molar-refractivity contribution is 7.55. The first-order valence-electron chi connectivity index (χ1n) is 7.37. The summed E-state index contributed by atoms with van der Waals surface area (Å²) >= 11 is 0. The van der Waals surface area contributed by atoms with Crippen LogP contribution in [0.15, 0.2) is 86.7 Å². The van der Waals surface area contributed by atoms with Gasteiger partial charge in [0.05, 0.1) is 0 Å². The number of hydrogen-bond acceptors (Lipinski definition) is 0. The van der Waals surface area contributed by atoms with Crippen molar-refractivity contribution in [3.05, 3.63) is 86.7 Å². The van der Waals surface area contributed by atoms with Gasteiger partial charge in [-0.25, -0.2) is 0 Å². The maximum atomic E-state index is 3.57. The minimum Gasteiger partial charge on any atom is -0.580 e. The third-order valence-electron chi connectivity index (χ3n) is 2.65. The maximum Gasteiger partial charge on any atom is 0.210 e. The molecule has 0 radical (unpaired) electrons. The van der Waals surface area contributed by atoms with Crippen molar-refractivity contribution in [2.24, 2.45) is 0 Å². The Balaban J connectivity index is 0.000000421. The first-order chi connectivity index (χ1) is 10.8. The molecule has 2 aromatic carbocycles. The molecule has 2 aromatic rings. The van der Waals surface area contributed by atoms with Gasteiger partial charge in [0.2, 0.25) is 6.26 Å². The molecule has 0 heterocycles. The fraction of sp³-hybridized carbons (Fsp3) is 0.200. The summed E-state index contributed by atoms with van der Waals surface area (Å²) in [5.41, 5.74) is 0. The zero-order valence-corrected chi connectivity index (χ0v) is 14.8. The third-order valence-corrected chi connectivity index (χ3v) is 3.89. The lowest BCUT2D eigenvalue weighted by Gasteiger charge is -2.10. The van der Waals surface area contributed by atoms with Crippen molar-refractivity contribution < 1.29 is 4.37 Å². The lowest BCUT2D eigenvalue weighted by atomic mass is 10.4. The Kier molecular flexibility index (Phi) is 12.9. The third kappa shape index (κ3) is 9.96. The van der Waals surface area contributed by atoms with Crippen LogP contribution in [-0.2, 0) is 4.37 Å². The summed E-state index contributed by atoms with van der Waals surface area (Å²) in [5.74, 6) is 0. The van der Waals surface area contributed by atoms with Crippen LogP contribution in [0.1, 0.15) is 13.3 Å². The van der Waals surface area contributed by atoms with E-state index in [2.05, 4.69) is 91.7 Å². The van der Waals surface area contributed by atoms with E-state index >= 15 is 0 Å². The Labute approximate surface area is 137 Å². The van der Waals surface area contributed by atoms with E-state index < -0.39 is 0 Å². The second kappa shape index (κ2) is 14.1. The molecule has 0 spiro atoms. The topological polar surface area (TPSA) is 2.70 Å². The molecule has 0 aromatic heterocycles. The molecule has 0 fully saturated rings. The fourth-order valence-electron chi connectivity index (χ4n) is 1.61. The largest absolute Gasteiger partial charge is 0.580 e. The average Bonchev–Trinajstić information content (AvgIpc) is 2.59. The average molecular weight is 315 g/mol. The zero-order chi connectivity index (χ0) is 16.6. The minimum atomic E-state index is 0.777. The predicted octanol–water partition coefficient (Wildman–Crippen LogP) is 4.84. The Morgan fingerprint density at radius 2 is 1.32 bits per heavy atom. The second-order valence-electron chi connectivity index (χ2n) is 4.42. The standard InChI is InChI=1S/C12H11P.C6H13O.C2H4/c1-3-7-11(8-4-1)13-12-9-5-2-6-10-12;1-4-6-7(3)5-2;1-2/h1-10,13H;5H,2,4,6H2,1,3H3;1-2H2/q;+1;. The minimum absolute atomic E-state index is 0.777. The van der Waals surface area contributed by atoms with E-state index in [1.165, 1.54) is 10.6 Å². The second-order valence-corrected chi connectivity index (χ2v) is 5.82. The normalized spacial score (nSPS) is 8.64. The highest BCUT2D eigenvalue weighted by atomic mass is 31.1. The molecule has 2 rings (SSSR count). The van der Waals surface area contributed by atoms with E-state index in [-0.39, 0.29) is 0 Å². The van der Waals surface area contributed by atoms with Crippen molar-refractivity contribution >= 4 is 19.2 Å². The predicted molar refractivity (Wildman–Crippen MR) is 104 cm³/mol. The van der Waals surface area contributed by atoms with Gasteiger partial charge < -0.3 is 4.37 Å². The van der Waals surface area contributed by atoms with Crippen LogP contribution in [0.2, 0.25) is 0 Å². The van der Waals surface area contributed by atoms with Crippen molar-refractivity contribution in [3.63, 3.8) is 0 Å². The number of hydrogen-bond donors (Lipinski definition) is 0. The highest BCUT2D eigenvalue weighted by Crippen LogP contribution is 2.08. The van der Waals surface area contributed by atoms with E-state index in [1.54, 1.807) is 6.26 Å². The maximum absolute atomic E-state index is 3.57. The molecule has 0 saturated carbocycles. The monoisotopic (exact) mass is 315 g/mol. The van der Waals surface area contributed by atoms with Gasteiger partial charge in [0.1, 0.15) is 0 Å². The number of benzene rings is 2. The van der Waals surface area contributed by atoms with Gasteiger partial charge in [0, 0.05) is 6.42 Å². The van der Waals surface area contributed by atoms with Gasteiger partial charge in [-0.2, -0.15) is 0 Å². The molecule has 0 atom stereocenters. The Hall–Kier alpha value is -1.85. The van der Waals surface area contributed by atoms with Crippen molar-refractivity contribution in [1.82, 2.24) is 0 Å². The molecule has 0 bridgehead atoms. The van der Waals surface area contributed by atoms with Crippen molar-refractivity contribution in [3.8, 4) is 0 Å². The molecule has 0 aliphatic rings. The van der Waals surface area contributed by atoms with E-state index in [0.29, 0.717) is 0 Å². The van der Waals surface area contributed by atoms with E-state index in [4.69, 9.17) is 0 Å². The molecular weight excluding hydrogens is 287 g/mol. The van der Waals surface area contributed by atoms with E-state index in [1.807, 2.05) is 7.11 Å². The van der Waals surface area contributed by atoms with Crippen LogP contribution in [0.5, 0.6) is 0 Å². The Bertz CT molecular complexity index is 444. The van der Waals surface area contributed by atoms with Crippen LogP contribution in [0.3, 0.4) is 0 Å². The molecule has 0 N–H and O–H groups in total. The molecule has 22 heavy (non-hydrogen) atoms. The van der Waals surface area contributed by atoms with Crippen LogP contribution in [0.4, 0.5) is 0 Å². The first kappa shape index (κ1) is 20.2. The van der Waals surface area contributed by atoms with Crippen molar-refractivity contribution in [1.29, 1.82) is 0 Å². The zero-order valence-electron chi connectivity index (χ0n) is 13.8. The Morgan fingerprint density at radius 3 is 1.59 bits per heavy atom. The molecule has 0 aliphatic carbocycles. The van der Waals surface area contributed by atoms with Crippen LogP contribution in [0.25, 0.3) is 0 Å². The van der Waals surface area contributed by atoms with Gasteiger partial charge in [-0.05, 0) is 17.2 Å². The fourth-order valence-corrected chi connectivity index (χ4v) is 2.67. The quantitative estimate of drug-likeness (QED) is 0.321. The van der Waals surface area contributed by atoms with Crippen LogP contribution in [-0.4, -0.2) is 13.7 Å². The molecular formula is C20H28OP+. The number of rotatable bonds is 5. The van der Waals surface area contributed by atoms with Crippen molar-refractivity contribution in [2.45, 2.75) is 13.3 Å². The molecule has 0 amide bonds. The van der Waals surface area contributed by atoms with E-state index in [9.17, 15) is 0 Å².